The maximum Gasteiger partial charge on any atom is 0.263 e. The van der Waals surface area contributed by atoms with Gasteiger partial charge in [-0.2, -0.15) is 0 Å². The van der Waals surface area contributed by atoms with E-state index in [1.54, 1.807) is 30.0 Å². The van der Waals surface area contributed by atoms with Crippen LogP contribution < -0.4 is 4.90 Å². The van der Waals surface area contributed by atoms with Crippen molar-refractivity contribution >= 4 is 23.4 Å². The van der Waals surface area contributed by atoms with E-state index in [4.69, 9.17) is 0 Å². The van der Waals surface area contributed by atoms with Crippen molar-refractivity contribution < 1.29 is 14.4 Å². The molecule has 3 aliphatic rings. The van der Waals surface area contributed by atoms with Gasteiger partial charge in [0.2, 0.25) is 5.91 Å². The molecule has 1 aromatic rings. The number of hydrogen-bond donors (Lipinski definition) is 0. The second kappa shape index (κ2) is 8.78. The van der Waals surface area contributed by atoms with Crippen LogP contribution in [0.25, 0.3) is 0 Å². The Kier molecular flexibility index (Phi) is 6.11. The van der Waals surface area contributed by atoms with Crippen LogP contribution in [0.5, 0.6) is 0 Å². The van der Waals surface area contributed by atoms with Crippen LogP contribution in [0.1, 0.15) is 78.5 Å². The lowest BCUT2D eigenvalue weighted by atomic mass is 9.94. The van der Waals surface area contributed by atoms with E-state index in [-0.39, 0.29) is 29.7 Å². The number of piperidine rings is 1. The van der Waals surface area contributed by atoms with E-state index in [2.05, 4.69) is 4.90 Å². The molecule has 2 aliphatic heterocycles. The standard InChI is InChI=1S/C24H33N3O3/c1-25(2)22(28)17-13-15-26(16-14-17)20-12-8-11-19-21(20)24(30)27(23(19)29)18-9-6-4-3-5-7-10-18/h8,11-12,17-18H,3-7,9-10,13-16H2,1-2H3. The molecule has 30 heavy (non-hydrogen) atoms. The van der Waals surface area contributed by atoms with Crippen molar-refractivity contribution in [2.45, 2.75) is 63.8 Å². The lowest BCUT2D eigenvalue weighted by molar-refractivity contribution is -0.133. The Morgan fingerprint density at radius 1 is 0.900 bits per heavy atom. The molecule has 162 valence electrons. The van der Waals surface area contributed by atoms with Crippen molar-refractivity contribution in [3.8, 4) is 0 Å². The summed E-state index contributed by atoms with van der Waals surface area (Å²) < 4.78 is 0. The maximum atomic E-state index is 13.4. The number of carbonyl (C=O) groups is 3. The quantitative estimate of drug-likeness (QED) is 0.712. The third-order valence-corrected chi connectivity index (χ3v) is 6.99. The van der Waals surface area contributed by atoms with Crippen LogP contribution in [0.15, 0.2) is 18.2 Å². The van der Waals surface area contributed by atoms with Gasteiger partial charge in [-0.25, -0.2) is 0 Å². The van der Waals surface area contributed by atoms with Crippen molar-refractivity contribution in [3.05, 3.63) is 29.3 Å². The number of anilines is 1. The fourth-order valence-electron chi connectivity index (χ4n) is 5.31. The van der Waals surface area contributed by atoms with E-state index >= 15 is 0 Å². The van der Waals surface area contributed by atoms with Crippen LogP contribution in [0.4, 0.5) is 5.69 Å². The molecule has 0 atom stereocenters. The summed E-state index contributed by atoms with van der Waals surface area (Å²) in [4.78, 5) is 44.3. The van der Waals surface area contributed by atoms with E-state index < -0.39 is 0 Å². The number of carbonyl (C=O) groups excluding carboxylic acids is 3. The van der Waals surface area contributed by atoms with Crippen LogP contribution in [-0.2, 0) is 4.79 Å². The minimum Gasteiger partial charge on any atom is -0.371 e. The Morgan fingerprint density at radius 2 is 1.53 bits per heavy atom. The number of hydrogen-bond acceptors (Lipinski definition) is 4. The van der Waals surface area contributed by atoms with Crippen molar-refractivity contribution in [1.82, 2.24) is 9.80 Å². The summed E-state index contributed by atoms with van der Waals surface area (Å²) in [5, 5.41) is 0. The fourth-order valence-corrected chi connectivity index (χ4v) is 5.31. The van der Waals surface area contributed by atoms with Crippen molar-refractivity contribution in [2.75, 3.05) is 32.1 Å². The van der Waals surface area contributed by atoms with E-state index in [0.717, 1.165) is 57.3 Å². The van der Waals surface area contributed by atoms with Gasteiger partial charge in [-0.15, -0.1) is 0 Å². The van der Waals surface area contributed by atoms with Crippen LogP contribution in [0.3, 0.4) is 0 Å². The third kappa shape index (κ3) is 3.84. The topological polar surface area (TPSA) is 60.9 Å². The molecule has 3 amide bonds. The molecule has 0 unspecified atom stereocenters. The largest absolute Gasteiger partial charge is 0.371 e. The number of benzene rings is 1. The van der Waals surface area contributed by atoms with Crippen LogP contribution in [0.2, 0.25) is 0 Å². The molecular weight excluding hydrogens is 378 g/mol. The highest BCUT2D eigenvalue weighted by atomic mass is 16.2. The molecule has 1 aromatic carbocycles. The van der Waals surface area contributed by atoms with Gasteiger partial charge in [-0.3, -0.25) is 19.3 Å². The molecule has 0 radical (unpaired) electrons. The fraction of sp³-hybridized carbons (Fsp3) is 0.625. The van der Waals surface area contributed by atoms with Gasteiger partial charge in [0.1, 0.15) is 0 Å². The van der Waals surface area contributed by atoms with Gasteiger partial charge in [-0.1, -0.05) is 38.2 Å². The molecule has 2 fully saturated rings. The lowest BCUT2D eigenvalue weighted by Crippen LogP contribution is -2.41. The number of nitrogens with zero attached hydrogens (tertiary/aromatic N) is 3. The number of fused-ring (bicyclic) bond motifs is 1. The average molecular weight is 412 g/mol. The molecular formula is C24H33N3O3. The predicted octanol–water partition coefficient (Wildman–Crippen LogP) is 3.70. The Morgan fingerprint density at radius 3 is 2.17 bits per heavy atom. The highest BCUT2D eigenvalue weighted by Crippen LogP contribution is 2.36. The average Bonchev–Trinajstić information content (AvgIpc) is 2.98. The van der Waals surface area contributed by atoms with Crippen molar-refractivity contribution in [3.63, 3.8) is 0 Å². The van der Waals surface area contributed by atoms with Crippen LogP contribution in [-0.4, -0.2) is 60.7 Å². The van der Waals surface area contributed by atoms with E-state index in [1.807, 2.05) is 12.1 Å². The monoisotopic (exact) mass is 411 g/mol. The Hall–Kier alpha value is -2.37. The van der Waals surface area contributed by atoms with E-state index in [9.17, 15) is 14.4 Å². The second-order valence-electron chi connectivity index (χ2n) is 9.17. The number of rotatable bonds is 3. The summed E-state index contributed by atoms with van der Waals surface area (Å²) in [5.41, 5.74) is 1.97. The summed E-state index contributed by atoms with van der Waals surface area (Å²) in [6.45, 7) is 1.46. The van der Waals surface area contributed by atoms with E-state index in [1.165, 1.54) is 19.3 Å². The first-order valence-corrected chi connectivity index (χ1v) is 11.5. The van der Waals surface area contributed by atoms with Gasteiger partial charge in [0, 0.05) is 39.1 Å². The molecule has 0 spiro atoms. The van der Waals surface area contributed by atoms with Crippen molar-refractivity contribution in [1.29, 1.82) is 0 Å². The zero-order valence-electron chi connectivity index (χ0n) is 18.2. The molecule has 0 bridgehead atoms. The van der Waals surface area contributed by atoms with Gasteiger partial charge >= 0.3 is 0 Å². The lowest BCUT2D eigenvalue weighted by Gasteiger charge is -2.34. The Balaban J connectivity index is 1.54. The first-order valence-electron chi connectivity index (χ1n) is 11.5. The first-order chi connectivity index (χ1) is 14.5. The summed E-state index contributed by atoms with van der Waals surface area (Å²) in [6, 6.07) is 5.66. The number of amides is 3. The Labute approximate surface area is 179 Å². The van der Waals surface area contributed by atoms with Crippen LogP contribution >= 0.6 is 0 Å². The molecule has 4 rings (SSSR count). The molecule has 6 heteroatoms. The first kappa shape index (κ1) is 20.9. The van der Waals surface area contributed by atoms with E-state index in [0.29, 0.717) is 11.1 Å². The molecule has 1 saturated heterocycles. The maximum absolute atomic E-state index is 13.4. The molecule has 2 heterocycles. The minimum atomic E-state index is -0.125. The molecule has 0 aromatic heterocycles. The van der Waals surface area contributed by atoms with Gasteiger partial charge in [-0.05, 0) is 37.8 Å². The summed E-state index contributed by atoms with van der Waals surface area (Å²) in [7, 11) is 3.60. The highest BCUT2D eigenvalue weighted by molar-refractivity contribution is 6.24. The summed E-state index contributed by atoms with van der Waals surface area (Å²) in [6.07, 6.45) is 9.17. The summed E-state index contributed by atoms with van der Waals surface area (Å²) >= 11 is 0. The minimum absolute atomic E-state index is 0.0222. The van der Waals surface area contributed by atoms with Crippen LogP contribution in [0, 0.1) is 5.92 Å². The zero-order valence-corrected chi connectivity index (χ0v) is 18.2. The highest BCUT2D eigenvalue weighted by Gasteiger charge is 2.42. The van der Waals surface area contributed by atoms with Crippen molar-refractivity contribution in [2.24, 2.45) is 5.92 Å². The molecule has 0 N–H and O–H groups in total. The molecule has 6 nitrogen and oxygen atoms in total. The van der Waals surface area contributed by atoms with Gasteiger partial charge in [0.25, 0.3) is 11.8 Å². The normalized spacial score (nSPS) is 21.4. The molecule has 1 aliphatic carbocycles. The predicted molar refractivity (Wildman–Crippen MR) is 117 cm³/mol. The Bertz CT molecular complexity index is 819. The van der Waals surface area contributed by atoms with Gasteiger partial charge in [0.05, 0.1) is 16.8 Å². The van der Waals surface area contributed by atoms with Gasteiger partial charge in [0.15, 0.2) is 0 Å². The second-order valence-corrected chi connectivity index (χ2v) is 9.17. The van der Waals surface area contributed by atoms with Gasteiger partial charge < -0.3 is 9.80 Å². The SMILES string of the molecule is CN(C)C(=O)C1CCN(c2cccc3c2C(=O)N(C2CCCCCCC2)C3=O)CC1. The zero-order chi connectivity index (χ0) is 21.3. The summed E-state index contributed by atoms with van der Waals surface area (Å²) in [5.74, 6) is -0.0332. The smallest absolute Gasteiger partial charge is 0.263 e. The third-order valence-electron chi connectivity index (χ3n) is 6.99. The number of imide groups is 1. The molecule has 1 saturated carbocycles.